The van der Waals surface area contributed by atoms with Crippen molar-refractivity contribution in [2.45, 2.75) is 106 Å². The van der Waals surface area contributed by atoms with Crippen LogP contribution in [-0.2, 0) is 46.7 Å². The zero-order valence-electron chi connectivity index (χ0n) is 72.7. The Balaban J connectivity index is 0.000000157. The summed E-state index contributed by atoms with van der Waals surface area (Å²) in [6, 6.07) is 116. The molecule has 0 saturated heterocycles. The molecule has 0 aliphatic carbocycles. The number of nitro groups is 2. The molecule has 636 valence electrons. The van der Waals surface area contributed by atoms with Crippen molar-refractivity contribution in [3.05, 3.63) is 439 Å². The van der Waals surface area contributed by atoms with Crippen LogP contribution in [0.5, 0.6) is 11.5 Å². The van der Waals surface area contributed by atoms with Crippen molar-refractivity contribution in [3.8, 4) is 101 Å². The SMILES string of the molecule is CC(C)([CH]=[W]=[N]c1c(Cl)cccc1Cl)c1ccccc1.CC(C)c1cccc(C(C)C)c1[N]=[Mo]=[CH]C(C)(C)c1ccccc1.Cc1ccc(C)[n-]1.Cc1ccc(C)[n-]1.O=[N+]([O-])c1c(-c2ccccc2)c(-c2ccccc2)c(O)c(-c2ccccc2)c1-c1ccccc1.O=[N+]([O-])c1c(-c2ccccc2)c(-c2ccccc2)c(O)c(-c2ccccc2)c1-c1ccccc1. The molecule has 0 amide bonds. The zero-order valence-corrected chi connectivity index (χ0v) is 79.2. The molecule has 2 aromatic heterocycles. The smallest absolute Gasteiger partial charge is 0.286 e. The van der Waals surface area contributed by atoms with Gasteiger partial charge in [0, 0.05) is 22.3 Å². The Labute approximate surface area is 766 Å². The number of aromatic hydroxyl groups is 2. The van der Waals surface area contributed by atoms with Crippen LogP contribution in [0, 0.1) is 47.9 Å². The molecule has 16 rings (SSSR count). The van der Waals surface area contributed by atoms with Gasteiger partial charge in [0.15, 0.2) is 0 Å². The van der Waals surface area contributed by atoms with Crippen LogP contribution in [0.3, 0.4) is 0 Å². The molecule has 2 N–H and O–H groups in total. The summed E-state index contributed by atoms with van der Waals surface area (Å²) in [5, 5.41) is 50.6. The van der Waals surface area contributed by atoms with Gasteiger partial charge in [0.2, 0.25) is 0 Å². The zero-order chi connectivity index (χ0) is 89.9. The van der Waals surface area contributed by atoms with E-state index in [9.17, 15) is 30.4 Å². The van der Waals surface area contributed by atoms with Gasteiger partial charge in [0.25, 0.3) is 11.4 Å². The second-order valence-electron chi connectivity index (χ2n) is 31.8. The van der Waals surface area contributed by atoms with Crippen molar-refractivity contribution in [2.75, 3.05) is 0 Å². The van der Waals surface area contributed by atoms with E-state index in [-0.39, 0.29) is 43.6 Å². The molecule has 2 heterocycles. The molecular formula is C110H102Cl2MoN6O6W-2. The minimum Gasteiger partial charge on any atom is -0.665 e. The van der Waals surface area contributed by atoms with Gasteiger partial charge in [0.05, 0.1) is 32.1 Å². The fourth-order valence-corrected chi connectivity index (χ4v) is 20.1. The van der Waals surface area contributed by atoms with Crippen LogP contribution in [-0.4, -0.2) is 28.9 Å². The number of hydrogen-bond donors (Lipinski definition) is 2. The maximum Gasteiger partial charge on any atom is 0.286 e. The predicted octanol–water partition coefficient (Wildman–Crippen LogP) is 30.7. The number of aryl methyl sites for hydroxylation is 4. The van der Waals surface area contributed by atoms with Crippen molar-refractivity contribution in [1.29, 1.82) is 0 Å². The van der Waals surface area contributed by atoms with Gasteiger partial charge in [-0.05, 0) is 44.5 Å². The number of hydrogen-bond acceptors (Lipinski definition) is 8. The summed E-state index contributed by atoms with van der Waals surface area (Å²) >= 11 is 10.7. The number of phenolic OH excluding ortho intramolecular Hbond substituents is 2. The standard InChI is InChI=1S/2C30H21NO3.C12H17N.2C10H12.C6H3Cl2N.2C6H8N.Mo.W/c2*32-30-27(23-17-9-3-10-18-23)25(21-13-5-1-6-14-21)29(31(33)34)26(22-15-7-2-8-16-22)28(30)24-19-11-4-12-20-24;1-8(2)10-6-5-7-11(9(3)4)12(10)13;2*1-10(2,3)9-7-5-4-6-8-9;7-4-2-1-3-5(8)6(4)9;2*1-5-3-4-6(2)7-5;;/h2*1-20,32H;5-9H,1-4H3;2*1,4-8H,2-3H3;1-3H;2*3-4H,1-2H3;;/q;;;;;;2*-1;;. The van der Waals surface area contributed by atoms with Crippen LogP contribution in [0.25, 0.3) is 89.0 Å². The first-order valence-electron chi connectivity index (χ1n) is 41.6. The third-order valence-electron chi connectivity index (χ3n) is 20.9. The largest absolute Gasteiger partial charge is 0.665 e. The van der Waals surface area contributed by atoms with Gasteiger partial charge in [-0.25, -0.2) is 0 Å². The molecule has 14 aromatic carbocycles. The van der Waals surface area contributed by atoms with E-state index in [1.54, 1.807) is 0 Å². The number of nitro benzene ring substituents is 2. The van der Waals surface area contributed by atoms with Crippen LogP contribution < -0.4 is 9.97 Å². The predicted molar refractivity (Wildman–Crippen MR) is 518 cm³/mol. The van der Waals surface area contributed by atoms with E-state index < -0.39 is 35.8 Å². The topological polar surface area (TPSA) is 180 Å². The number of benzene rings is 14. The number of halogens is 2. The first-order valence-corrected chi connectivity index (χ1v) is 47.4. The van der Waals surface area contributed by atoms with Crippen molar-refractivity contribution in [2.24, 2.45) is 6.99 Å². The van der Waals surface area contributed by atoms with E-state index in [1.807, 2.05) is 319 Å². The maximum atomic E-state index is 12.8. The molecule has 0 atom stereocenters. The van der Waals surface area contributed by atoms with E-state index in [1.165, 1.54) is 27.9 Å². The number of aromatic nitrogens is 2. The first-order chi connectivity index (χ1) is 60.7. The minimum atomic E-state index is -1.01. The number of nitrogens with zero attached hydrogens (tertiary/aromatic N) is 6. The normalized spacial score (nSPS) is 10.8. The maximum absolute atomic E-state index is 12.8. The minimum absolute atomic E-state index is 0.0145. The molecular weight excluding hydrogens is 1850 g/mol. The third-order valence-corrected chi connectivity index (χ3v) is 27.5. The molecule has 12 nitrogen and oxygen atoms in total. The van der Waals surface area contributed by atoms with E-state index >= 15 is 0 Å². The molecule has 16 heteroatoms. The summed E-state index contributed by atoms with van der Waals surface area (Å²) < 4.78 is 14.6. The Morgan fingerprint density at radius 2 is 0.579 bits per heavy atom. The van der Waals surface area contributed by atoms with Crippen LogP contribution in [0.15, 0.2) is 371 Å². The summed E-state index contributed by atoms with van der Waals surface area (Å²) in [5.41, 5.74) is 20.8. The molecule has 0 radical (unpaired) electrons. The van der Waals surface area contributed by atoms with Gasteiger partial charge < -0.3 is 20.2 Å². The molecule has 0 saturated carbocycles. The Hall–Kier alpha value is -12.7. The Kier molecular flexibility index (Phi) is 33.8. The van der Waals surface area contributed by atoms with Crippen molar-refractivity contribution < 1.29 is 55.9 Å². The van der Waals surface area contributed by atoms with Crippen molar-refractivity contribution in [3.63, 3.8) is 0 Å². The van der Waals surface area contributed by atoms with Gasteiger partial charge >= 0.3 is 294 Å². The Morgan fingerprint density at radius 1 is 0.341 bits per heavy atom. The van der Waals surface area contributed by atoms with E-state index in [2.05, 4.69) is 150 Å². The second kappa shape index (κ2) is 45.3. The fraction of sp³-hybridized carbons (Fsp3) is 0.145. The summed E-state index contributed by atoms with van der Waals surface area (Å²) in [6.45, 7) is 26.0. The van der Waals surface area contributed by atoms with Gasteiger partial charge in [-0.15, -0.1) is 0 Å². The van der Waals surface area contributed by atoms with Gasteiger partial charge in [0.1, 0.15) is 11.5 Å². The number of rotatable bonds is 18. The number of phenols is 2. The molecule has 0 unspecified atom stereocenters. The Bertz CT molecular complexity index is 5870. The summed E-state index contributed by atoms with van der Waals surface area (Å²) in [6.07, 6.45) is 0. The van der Waals surface area contributed by atoms with Crippen LogP contribution in [0.4, 0.5) is 22.7 Å². The van der Waals surface area contributed by atoms with Crippen LogP contribution in [0.1, 0.15) is 112 Å². The summed E-state index contributed by atoms with van der Waals surface area (Å²) in [4.78, 5) is 33.1. The van der Waals surface area contributed by atoms with Gasteiger partial charge in [-0.2, -0.15) is 22.8 Å². The quantitative estimate of drug-likeness (QED) is 0.0484. The Morgan fingerprint density at radius 3 is 0.817 bits per heavy atom. The summed E-state index contributed by atoms with van der Waals surface area (Å²) in [7, 11) is 0. The third kappa shape index (κ3) is 24.5. The molecule has 126 heavy (non-hydrogen) atoms. The molecule has 0 aliphatic rings. The average molecular weight is 1950 g/mol. The average Bonchev–Trinajstić information content (AvgIpc) is 0.784. The molecule has 0 fully saturated rings. The van der Waals surface area contributed by atoms with E-state index in [4.69, 9.17) is 26.7 Å². The van der Waals surface area contributed by atoms with Gasteiger partial charge in [-0.1, -0.05) is 295 Å². The fourth-order valence-electron chi connectivity index (χ4n) is 14.6. The van der Waals surface area contributed by atoms with Gasteiger partial charge in [-0.3, -0.25) is 20.2 Å². The monoisotopic (exact) mass is 1950 g/mol. The molecule has 0 spiro atoms. The second-order valence-corrected chi connectivity index (χ2v) is 36.4. The van der Waals surface area contributed by atoms with Crippen LogP contribution >= 0.6 is 23.2 Å². The molecule has 16 aromatic rings. The van der Waals surface area contributed by atoms with E-state index in [0.29, 0.717) is 111 Å². The van der Waals surface area contributed by atoms with Crippen molar-refractivity contribution in [1.82, 2.24) is 9.97 Å². The van der Waals surface area contributed by atoms with E-state index in [0.717, 1.165) is 28.5 Å². The van der Waals surface area contributed by atoms with Crippen LogP contribution in [0.2, 0.25) is 10.0 Å². The molecule has 0 bridgehead atoms. The summed E-state index contributed by atoms with van der Waals surface area (Å²) in [5.74, 6) is 1.05. The van der Waals surface area contributed by atoms with Crippen molar-refractivity contribution >= 4 is 54.8 Å². The molecule has 0 aliphatic heterocycles. The first kappa shape index (κ1) is 94.0.